The van der Waals surface area contributed by atoms with Gasteiger partial charge < -0.3 is 24.8 Å². The van der Waals surface area contributed by atoms with Gasteiger partial charge in [0.1, 0.15) is 23.7 Å². The summed E-state index contributed by atoms with van der Waals surface area (Å²) >= 11 is 6.42. The Labute approximate surface area is 229 Å². The molecule has 0 bridgehead atoms. The Bertz CT molecular complexity index is 1400. The molecule has 2 aromatic carbocycles. The smallest absolute Gasteiger partial charge is 0.247 e. The van der Waals surface area contributed by atoms with Gasteiger partial charge in [0.15, 0.2) is 5.82 Å². The van der Waals surface area contributed by atoms with E-state index in [-0.39, 0.29) is 5.91 Å². The van der Waals surface area contributed by atoms with Crippen molar-refractivity contribution in [3.8, 4) is 5.75 Å². The number of hydrogen-bond donors (Lipinski definition) is 2. The van der Waals surface area contributed by atoms with Gasteiger partial charge in [-0.1, -0.05) is 42.5 Å². The van der Waals surface area contributed by atoms with Crippen molar-refractivity contribution >= 4 is 53.2 Å². The second-order valence-corrected chi connectivity index (χ2v) is 12.9. The van der Waals surface area contributed by atoms with Crippen LogP contribution in [0.3, 0.4) is 0 Å². The average Bonchev–Trinajstić information content (AvgIpc) is 2.86. The van der Waals surface area contributed by atoms with Crippen LogP contribution < -0.4 is 20.7 Å². The molecule has 38 heavy (non-hydrogen) atoms. The van der Waals surface area contributed by atoms with Crippen molar-refractivity contribution in [2.24, 2.45) is 0 Å². The van der Waals surface area contributed by atoms with Crippen molar-refractivity contribution in [3.63, 3.8) is 0 Å². The topological polar surface area (TPSA) is 96.5 Å². The van der Waals surface area contributed by atoms with Crippen LogP contribution in [0.15, 0.2) is 61.3 Å². The number of ether oxygens (including phenoxy) is 1. The number of benzene rings is 2. The summed E-state index contributed by atoms with van der Waals surface area (Å²) in [6, 6.07) is 11.1. The Kier molecular flexibility index (Phi) is 9.86. The van der Waals surface area contributed by atoms with Gasteiger partial charge in [0.05, 0.1) is 19.0 Å². The molecule has 3 aromatic rings. The normalized spacial score (nSPS) is 11.6. The number of nitrogens with one attached hydrogen (secondary N) is 2. The number of aromatic nitrogens is 2. The number of amides is 1. The number of halogens is 1. The number of nitrogens with zero attached hydrogens (tertiary/aromatic N) is 3. The minimum absolute atomic E-state index is 0.315. The second kappa shape index (κ2) is 12.9. The molecule has 10 heteroatoms. The van der Waals surface area contributed by atoms with Crippen molar-refractivity contribution in [3.05, 3.63) is 83.3 Å². The molecule has 0 aliphatic rings. The lowest BCUT2D eigenvalue weighted by molar-refractivity contribution is -0.111. The molecule has 8 nitrogen and oxygen atoms in total. The van der Waals surface area contributed by atoms with Crippen molar-refractivity contribution in [2.75, 3.05) is 51.7 Å². The average molecular weight is 554 g/mol. The van der Waals surface area contributed by atoms with Gasteiger partial charge in [-0.25, -0.2) is 9.97 Å². The predicted molar refractivity (Wildman–Crippen MR) is 158 cm³/mol. The van der Waals surface area contributed by atoms with Gasteiger partial charge in [-0.05, 0) is 57.8 Å². The highest BCUT2D eigenvalue weighted by molar-refractivity contribution is 7.70. The molecule has 0 radical (unpaired) electrons. The van der Waals surface area contributed by atoms with Gasteiger partial charge in [0, 0.05) is 35.1 Å². The molecule has 0 aliphatic heterocycles. The van der Waals surface area contributed by atoms with Crippen LogP contribution in [0, 0.1) is 0 Å². The number of rotatable bonds is 11. The number of hydrogen-bond acceptors (Lipinski definition) is 7. The minimum Gasteiger partial charge on any atom is -0.496 e. The fourth-order valence-electron chi connectivity index (χ4n) is 3.71. The van der Waals surface area contributed by atoms with E-state index in [9.17, 15) is 9.36 Å². The second-order valence-electron chi connectivity index (χ2n) is 9.26. The summed E-state index contributed by atoms with van der Waals surface area (Å²) in [5, 5.41) is 7.13. The quantitative estimate of drug-likeness (QED) is 0.242. The first-order valence-electron chi connectivity index (χ1n) is 11.9. The Balaban J connectivity index is 1.98. The number of likely N-dealkylation sites (N-methyl/N-ethyl adjacent to an activating group) is 1. The predicted octanol–water partition coefficient (Wildman–Crippen LogP) is 5.42. The van der Waals surface area contributed by atoms with Crippen LogP contribution >= 0.6 is 18.7 Å². The van der Waals surface area contributed by atoms with Gasteiger partial charge in [-0.3, -0.25) is 4.79 Å². The third-order valence-electron chi connectivity index (χ3n) is 5.54. The Morgan fingerprint density at radius 1 is 1.21 bits per heavy atom. The van der Waals surface area contributed by atoms with Crippen LogP contribution in [0.1, 0.15) is 17.0 Å². The van der Waals surface area contributed by atoms with Crippen molar-refractivity contribution < 1.29 is 14.1 Å². The number of anilines is 3. The van der Waals surface area contributed by atoms with Crippen LogP contribution in [-0.4, -0.2) is 61.9 Å². The molecule has 2 N–H and O–H groups in total. The van der Waals surface area contributed by atoms with E-state index >= 15 is 0 Å². The maximum absolute atomic E-state index is 12.8. The molecule has 1 amide bonds. The number of methoxy groups -OCH3 is 1. The van der Waals surface area contributed by atoms with E-state index in [0.29, 0.717) is 45.5 Å². The number of para-hydroxylation sites is 1. The maximum atomic E-state index is 12.8. The first-order chi connectivity index (χ1) is 18.0. The van der Waals surface area contributed by atoms with Crippen molar-refractivity contribution in [1.82, 2.24) is 14.9 Å². The summed E-state index contributed by atoms with van der Waals surface area (Å²) in [7, 11) is 3.01. The lowest BCUT2D eigenvalue weighted by Crippen LogP contribution is -2.12. The molecule has 0 atom stereocenters. The fourth-order valence-corrected chi connectivity index (χ4v) is 5.01. The van der Waals surface area contributed by atoms with Gasteiger partial charge in [0.2, 0.25) is 5.91 Å². The van der Waals surface area contributed by atoms with E-state index in [1.165, 1.54) is 12.3 Å². The van der Waals surface area contributed by atoms with Crippen LogP contribution in [0.4, 0.5) is 17.2 Å². The minimum atomic E-state index is -2.54. The summed E-state index contributed by atoms with van der Waals surface area (Å²) < 4.78 is 18.5. The Morgan fingerprint density at radius 3 is 2.61 bits per heavy atom. The third kappa shape index (κ3) is 7.78. The molecule has 0 aliphatic carbocycles. The van der Waals surface area contributed by atoms with E-state index in [1.54, 1.807) is 20.4 Å². The zero-order valence-electron chi connectivity index (χ0n) is 22.3. The number of carbonyl (C=O) groups excluding carboxylic acids is 1. The highest BCUT2D eigenvalue weighted by atomic mass is 35.5. The first-order valence-corrected chi connectivity index (χ1v) is 14.9. The SMILES string of the molecule is C=CC(=O)Nc1cc(Cc2ncc(Cl)c(Nc3ccccc3P(C)(C)=O)n2)c(OC)cc1/C=C\CN(C)C. The molecule has 0 fully saturated rings. The molecular weight excluding hydrogens is 521 g/mol. The van der Waals surface area contributed by atoms with Gasteiger partial charge >= 0.3 is 0 Å². The molecule has 3 rings (SSSR count). The van der Waals surface area contributed by atoms with Gasteiger partial charge in [-0.15, -0.1) is 0 Å². The molecule has 0 saturated carbocycles. The van der Waals surface area contributed by atoms with E-state index in [4.69, 9.17) is 16.3 Å². The summed E-state index contributed by atoms with van der Waals surface area (Å²) in [5.74, 6) is 1.20. The highest BCUT2D eigenvalue weighted by Gasteiger charge is 2.18. The van der Waals surface area contributed by atoms with Gasteiger partial charge in [0.25, 0.3) is 0 Å². The van der Waals surface area contributed by atoms with Crippen LogP contribution in [0.5, 0.6) is 5.75 Å². The van der Waals surface area contributed by atoms with E-state index < -0.39 is 7.14 Å². The lowest BCUT2D eigenvalue weighted by atomic mass is 10.0. The summed E-state index contributed by atoms with van der Waals surface area (Å²) in [6.45, 7) is 7.72. The highest BCUT2D eigenvalue weighted by Crippen LogP contribution is 2.38. The Hall–Kier alpha value is -3.45. The lowest BCUT2D eigenvalue weighted by Gasteiger charge is -2.16. The van der Waals surface area contributed by atoms with Gasteiger partial charge in [-0.2, -0.15) is 0 Å². The maximum Gasteiger partial charge on any atom is 0.247 e. The van der Waals surface area contributed by atoms with Crippen molar-refractivity contribution in [1.29, 1.82) is 0 Å². The van der Waals surface area contributed by atoms with E-state index in [1.807, 2.05) is 67.5 Å². The molecule has 0 unspecified atom stereocenters. The molecular formula is C28H33ClN5O3P. The first kappa shape index (κ1) is 29.1. The Morgan fingerprint density at radius 2 is 1.95 bits per heavy atom. The largest absolute Gasteiger partial charge is 0.496 e. The number of carbonyl (C=O) groups is 1. The van der Waals surface area contributed by atoms with Crippen LogP contribution in [0.2, 0.25) is 5.02 Å². The molecule has 1 aromatic heterocycles. The molecule has 0 saturated heterocycles. The molecule has 1 heterocycles. The third-order valence-corrected chi connectivity index (χ3v) is 7.37. The summed E-state index contributed by atoms with van der Waals surface area (Å²) in [4.78, 5) is 23.2. The van der Waals surface area contributed by atoms with Crippen LogP contribution in [0.25, 0.3) is 6.08 Å². The zero-order valence-corrected chi connectivity index (χ0v) is 23.9. The van der Waals surface area contributed by atoms with E-state index in [2.05, 4.69) is 27.2 Å². The molecule has 200 valence electrons. The van der Waals surface area contributed by atoms with Crippen molar-refractivity contribution in [2.45, 2.75) is 6.42 Å². The summed E-state index contributed by atoms with van der Waals surface area (Å²) in [6.07, 6.45) is 7.00. The monoisotopic (exact) mass is 553 g/mol. The standard InChI is InChI=1S/C28H33ClN5O3P/c1-7-27(35)31-23-15-20(24(37-4)16-19(23)11-10-14-34(2)3)17-26-30-18-21(29)28(33-26)32-22-12-8-9-13-25(22)38(5,6)36/h7-13,15-16,18H,1,14,17H2,2-6H3,(H,31,35)(H,30,32,33)/b11-10-. The summed E-state index contributed by atoms with van der Waals surface area (Å²) in [5.41, 5.74) is 2.86. The fraction of sp³-hybridized carbons (Fsp3) is 0.250. The van der Waals surface area contributed by atoms with Crippen LogP contribution in [-0.2, 0) is 15.8 Å². The molecule has 0 spiro atoms. The zero-order chi connectivity index (χ0) is 27.9. The van der Waals surface area contributed by atoms with E-state index in [0.717, 1.165) is 17.7 Å².